The second-order valence-corrected chi connectivity index (χ2v) is 4.29. The molecule has 1 heterocycles. The van der Waals surface area contributed by atoms with E-state index >= 15 is 0 Å². The number of fused-ring (bicyclic) bond motifs is 1. The number of methoxy groups -OCH3 is 1. The summed E-state index contributed by atoms with van der Waals surface area (Å²) in [4.78, 5) is 0. The van der Waals surface area contributed by atoms with Gasteiger partial charge in [0.2, 0.25) is 0 Å². The number of hydrogen-bond acceptors (Lipinski definition) is 3. The van der Waals surface area contributed by atoms with Crippen molar-refractivity contribution in [3.8, 4) is 0 Å². The highest BCUT2D eigenvalue weighted by Crippen LogP contribution is 2.31. The average Bonchev–Trinajstić information content (AvgIpc) is 2.72. The second kappa shape index (κ2) is 5.50. The molecule has 0 bridgehead atoms. The molecule has 0 fully saturated rings. The van der Waals surface area contributed by atoms with Crippen LogP contribution in [-0.2, 0) is 17.9 Å². The summed E-state index contributed by atoms with van der Waals surface area (Å²) >= 11 is 0. The molecule has 2 aromatic rings. The Morgan fingerprint density at radius 2 is 2.17 bits per heavy atom. The third-order valence-corrected chi connectivity index (χ3v) is 3.01. The Kier molecular flexibility index (Phi) is 3.99. The van der Waals surface area contributed by atoms with Gasteiger partial charge in [0.1, 0.15) is 5.76 Å². The van der Waals surface area contributed by atoms with Gasteiger partial charge >= 0.3 is 0 Å². The Labute approximate surface area is 106 Å². The highest BCUT2D eigenvalue weighted by atomic mass is 19.1. The summed E-state index contributed by atoms with van der Waals surface area (Å²) in [6, 6.07) is 3.21. The molecule has 0 amide bonds. The number of hydrogen-bond donors (Lipinski definition) is 1. The summed E-state index contributed by atoms with van der Waals surface area (Å²) in [6.45, 7) is 5.82. The predicted molar refractivity (Wildman–Crippen MR) is 69.0 cm³/mol. The normalized spacial score (nSPS) is 11.3. The van der Waals surface area contributed by atoms with Gasteiger partial charge in [-0.3, -0.25) is 0 Å². The SMILES string of the molecule is CCNCc1oc2c(F)ccc(C)c2c1COC. The fourth-order valence-electron chi connectivity index (χ4n) is 2.13. The highest BCUT2D eigenvalue weighted by Gasteiger charge is 2.18. The zero-order valence-electron chi connectivity index (χ0n) is 11.0. The standard InChI is InChI=1S/C14H18FNO2/c1-4-16-7-12-10(8-17-3)13-9(2)5-6-11(15)14(13)18-12/h5-6,16H,4,7-8H2,1-3H3. The van der Waals surface area contributed by atoms with E-state index in [0.29, 0.717) is 18.7 Å². The van der Waals surface area contributed by atoms with Gasteiger partial charge in [-0.2, -0.15) is 0 Å². The van der Waals surface area contributed by atoms with Crippen LogP contribution in [0.1, 0.15) is 23.8 Å². The lowest BCUT2D eigenvalue weighted by Gasteiger charge is -2.03. The van der Waals surface area contributed by atoms with E-state index in [4.69, 9.17) is 9.15 Å². The molecule has 0 unspecified atom stereocenters. The van der Waals surface area contributed by atoms with Crippen LogP contribution in [0.3, 0.4) is 0 Å². The lowest BCUT2D eigenvalue weighted by atomic mass is 10.1. The first-order valence-electron chi connectivity index (χ1n) is 6.08. The molecule has 1 aromatic heterocycles. The molecule has 1 N–H and O–H groups in total. The molecule has 0 spiro atoms. The van der Waals surface area contributed by atoms with Crippen LogP contribution < -0.4 is 5.32 Å². The van der Waals surface area contributed by atoms with Crippen molar-refractivity contribution >= 4 is 11.0 Å². The van der Waals surface area contributed by atoms with E-state index in [1.807, 2.05) is 13.8 Å². The molecule has 0 atom stereocenters. The van der Waals surface area contributed by atoms with Crippen LogP contribution in [0.25, 0.3) is 11.0 Å². The van der Waals surface area contributed by atoms with Crippen molar-refractivity contribution in [2.75, 3.05) is 13.7 Å². The molecule has 1 aromatic carbocycles. The van der Waals surface area contributed by atoms with Crippen LogP contribution in [0.2, 0.25) is 0 Å². The fourth-order valence-corrected chi connectivity index (χ4v) is 2.13. The van der Waals surface area contributed by atoms with Crippen LogP contribution in [0, 0.1) is 12.7 Å². The summed E-state index contributed by atoms with van der Waals surface area (Å²) in [5, 5.41) is 4.03. The molecule has 0 saturated heterocycles. The topological polar surface area (TPSA) is 34.4 Å². The first-order chi connectivity index (χ1) is 8.69. The molecule has 2 rings (SSSR count). The van der Waals surface area contributed by atoms with Gasteiger partial charge in [0.15, 0.2) is 11.4 Å². The number of nitrogens with one attached hydrogen (secondary N) is 1. The molecule has 18 heavy (non-hydrogen) atoms. The number of halogens is 1. The van der Waals surface area contributed by atoms with Crippen molar-refractivity contribution in [1.82, 2.24) is 5.32 Å². The Hall–Kier alpha value is -1.39. The maximum absolute atomic E-state index is 13.8. The number of rotatable bonds is 5. The zero-order chi connectivity index (χ0) is 13.1. The van der Waals surface area contributed by atoms with Gasteiger partial charge in [-0.05, 0) is 25.1 Å². The highest BCUT2D eigenvalue weighted by molar-refractivity contribution is 5.86. The molecule has 4 heteroatoms. The first-order valence-corrected chi connectivity index (χ1v) is 6.08. The van der Waals surface area contributed by atoms with Gasteiger partial charge in [0.05, 0.1) is 13.2 Å². The summed E-state index contributed by atoms with van der Waals surface area (Å²) < 4.78 is 24.6. The van der Waals surface area contributed by atoms with E-state index in [9.17, 15) is 4.39 Å². The number of ether oxygens (including phenoxy) is 1. The third kappa shape index (κ3) is 2.26. The molecule has 3 nitrogen and oxygen atoms in total. The number of aryl methyl sites for hydroxylation is 1. The van der Waals surface area contributed by atoms with Crippen molar-refractivity contribution in [3.05, 3.63) is 34.8 Å². The van der Waals surface area contributed by atoms with Crippen molar-refractivity contribution in [2.24, 2.45) is 0 Å². The maximum atomic E-state index is 13.8. The van der Waals surface area contributed by atoms with Gasteiger partial charge in [0.25, 0.3) is 0 Å². The van der Waals surface area contributed by atoms with E-state index in [1.165, 1.54) is 6.07 Å². The maximum Gasteiger partial charge on any atom is 0.170 e. The molecule has 0 aliphatic rings. The van der Waals surface area contributed by atoms with Crippen molar-refractivity contribution < 1.29 is 13.5 Å². The summed E-state index contributed by atoms with van der Waals surface area (Å²) in [5.74, 6) is 0.428. The number of furan rings is 1. The Morgan fingerprint density at radius 1 is 1.39 bits per heavy atom. The van der Waals surface area contributed by atoms with Gasteiger partial charge in [-0.15, -0.1) is 0 Å². The zero-order valence-corrected chi connectivity index (χ0v) is 11.0. The average molecular weight is 251 g/mol. The minimum absolute atomic E-state index is 0.323. The van der Waals surface area contributed by atoms with E-state index in [2.05, 4.69) is 5.32 Å². The van der Waals surface area contributed by atoms with Crippen LogP contribution in [0.4, 0.5) is 4.39 Å². The van der Waals surface area contributed by atoms with Crippen LogP contribution in [0.5, 0.6) is 0 Å². The Balaban J connectivity index is 2.59. The smallest absolute Gasteiger partial charge is 0.170 e. The van der Waals surface area contributed by atoms with Gasteiger partial charge in [-0.1, -0.05) is 13.0 Å². The quantitative estimate of drug-likeness (QED) is 0.886. The van der Waals surface area contributed by atoms with Gasteiger partial charge in [-0.25, -0.2) is 4.39 Å². The van der Waals surface area contributed by atoms with Crippen molar-refractivity contribution in [3.63, 3.8) is 0 Å². The molecule has 0 aliphatic carbocycles. The molecule has 0 radical (unpaired) electrons. The van der Waals surface area contributed by atoms with Gasteiger partial charge < -0.3 is 14.5 Å². The monoisotopic (exact) mass is 251 g/mol. The lowest BCUT2D eigenvalue weighted by Crippen LogP contribution is -2.12. The summed E-state index contributed by atoms with van der Waals surface area (Å²) in [5.41, 5.74) is 2.27. The number of benzene rings is 1. The van der Waals surface area contributed by atoms with Crippen LogP contribution >= 0.6 is 0 Å². The minimum atomic E-state index is -0.323. The minimum Gasteiger partial charge on any atom is -0.456 e. The molecule has 0 aliphatic heterocycles. The molecule has 98 valence electrons. The second-order valence-electron chi connectivity index (χ2n) is 4.29. The summed E-state index contributed by atoms with van der Waals surface area (Å²) in [6.07, 6.45) is 0. The third-order valence-electron chi connectivity index (χ3n) is 3.01. The lowest BCUT2D eigenvalue weighted by molar-refractivity contribution is 0.183. The van der Waals surface area contributed by atoms with Crippen LogP contribution in [0.15, 0.2) is 16.5 Å². The molecular formula is C14H18FNO2. The van der Waals surface area contributed by atoms with Crippen LogP contribution in [-0.4, -0.2) is 13.7 Å². The van der Waals surface area contributed by atoms with Crippen molar-refractivity contribution in [2.45, 2.75) is 27.0 Å². The molecular weight excluding hydrogens is 233 g/mol. The Bertz CT molecular complexity index is 548. The fraction of sp³-hybridized carbons (Fsp3) is 0.429. The Morgan fingerprint density at radius 3 is 2.83 bits per heavy atom. The predicted octanol–water partition coefficient (Wildman–Crippen LogP) is 3.14. The van der Waals surface area contributed by atoms with Crippen molar-refractivity contribution in [1.29, 1.82) is 0 Å². The summed E-state index contributed by atoms with van der Waals surface area (Å²) in [7, 11) is 1.63. The first kappa shape index (κ1) is 13.1. The molecule has 0 saturated carbocycles. The largest absolute Gasteiger partial charge is 0.456 e. The van der Waals surface area contributed by atoms with E-state index in [1.54, 1.807) is 13.2 Å². The van der Waals surface area contributed by atoms with E-state index in [0.717, 1.165) is 28.8 Å². The van der Waals surface area contributed by atoms with E-state index in [-0.39, 0.29) is 5.82 Å². The van der Waals surface area contributed by atoms with Gasteiger partial charge in [0, 0.05) is 18.1 Å². The van der Waals surface area contributed by atoms with E-state index < -0.39 is 0 Å².